The van der Waals surface area contributed by atoms with Crippen LogP contribution in [0, 0.1) is 6.92 Å². The van der Waals surface area contributed by atoms with Gasteiger partial charge in [0.1, 0.15) is 0 Å². The van der Waals surface area contributed by atoms with Gasteiger partial charge in [-0.2, -0.15) is 5.10 Å². The standard InChI is InChI=1S/C16H32N6.HI/c1-13(2)22(14(3)4)10-8-19-16(17-6)18-7-9-21-12-15(5)11-20-21;/h11-14H,7-10H2,1-6H3,(H2,17,18,19);1H. The second kappa shape index (κ2) is 11.7. The molecule has 0 aromatic carbocycles. The van der Waals surface area contributed by atoms with Crippen LogP contribution in [0.15, 0.2) is 17.4 Å². The highest BCUT2D eigenvalue weighted by Crippen LogP contribution is 2.03. The van der Waals surface area contributed by atoms with Crippen LogP contribution in [0.4, 0.5) is 0 Å². The Morgan fingerprint density at radius 2 is 1.83 bits per heavy atom. The molecule has 0 radical (unpaired) electrons. The van der Waals surface area contributed by atoms with Gasteiger partial charge in [0.2, 0.25) is 0 Å². The Morgan fingerprint density at radius 1 is 1.22 bits per heavy atom. The zero-order chi connectivity index (χ0) is 16.5. The van der Waals surface area contributed by atoms with Crippen molar-refractivity contribution in [2.75, 3.05) is 26.7 Å². The van der Waals surface area contributed by atoms with Crippen LogP contribution in [0.5, 0.6) is 0 Å². The smallest absolute Gasteiger partial charge is 0.191 e. The number of aromatic nitrogens is 2. The van der Waals surface area contributed by atoms with Gasteiger partial charge in [-0.25, -0.2) is 0 Å². The van der Waals surface area contributed by atoms with Crippen LogP contribution in [-0.2, 0) is 6.54 Å². The van der Waals surface area contributed by atoms with Crippen molar-refractivity contribution < 1.29 is 0 Å². The third-order valence-corrected chi connectivity index (χ3v) is 3.61. The highest BCUT2D eigenvalue weighted by Gasteiger charge is 2.12. The molecule has 1 heterocycles. The molecule has 0 atom stereocenters. The Balaban J connectivity index is 0.00000484. The molecule has 0 amide bonds. The van der Waals surface area contributed by atoms with Gasteiger partial charge in [0.05, 0.1) is 12.7 Å². The predicted octanol–water partition coefficient (Wildman–Crippen LogP) is 2.09. The molecule has 0 aliphatic carbocycles. The zero-order valence-electron chi connectivity index (χ0n) is 15.3. The van der Waals surface area contributed by atoms with Crippen LogP contribution in [0.25, 0.3) is 0 Å². The molecule has 0 aliphatic heterocycles. The summed E-state index contributed by atoms with van der Waals surface area (Å²) in [6.45, 7) is 14.5. The molecular formula is C16H33IN6. The number of aryl methyl sites for hydroxylation is 1. The van der Waals surface area contributed by atoms with Crippen LogP contribution in [-0.4, -0.2) is 59.4 Å². The third-order valence-electron chi connectivity index (χ3n) is 3.61. The van der Waals surface area contributed by atoms with E-state index in [0.29, 0.717) is 12.1 Å². The summed E-state index contributed by atoms with van der Waals surface area (Å²) in [4.78, 5) is 6.72. The highest BCUT2D eigenvalue weighted by molar-refractivity contribution is 14.0. The molecule has 23 heavy (non-hydrogen) atoms. The topological polar surface area (TPSA) is 57.5 Å². The van der Waals surface area contributed by atoms with Crippen LogP contribution in [0.3, 0.4) is 0 Å². The van der Waals surface area contributed by atoms with E-state index in [1.165, 1.54) is 5.56 Å². The summed E-state index contributed by atoms with van der Waals surface area (Å²) in [7, 11) is 1.80. The monoisotopic (exact) mass is 436 g/mol. The molecule has 0 aliphatic rings. The largest absolute Gasteiger partial charge is 0.355 e. The van der Waals surface area contributed by atoms with Crippen LogP contribution < -0.4 is 10.6 Å². The van der Waals surface area contributed by atoms with Crippen molar-refractivity contribution in [1.29, 1.82) is 0 Å². The molecule has 1 rings (SSSR count). The van der Waals surface area contributed by atoms with Crippen molar-refractivity contribution in [3.8, 4) is 0 Å². The maximum atomic E-state index is 4.27. The Morgan fingerprint density at radius 3 is 2.30 bits per heavy atom. The lowest BCUT2D eigenvalue weighted by molar-refractivity contribution is 0.178. The molecule has 1 aromatic rings. The molecule has 1 aromatic heterocycles. The normalized spacial score (nSPS) is 12.0. The summed E-state index contributed by atoms with van der Waals surface area (Å²) in [5.74, 6) is 0.844. The van der Waals surface area contributed by atoms with E-state index in [2.05, 4.69) is 53.3 Å². The lowest BCUT2D eigenvalue weighted by Crippen LogP contribution is -2.45. The molecule has 0 unspecified atom stereocenters. The minimum Gasteiger partial charge on any atom is -0.355 e. The molecule has 0 saturated carbocycles. The van der Waals surface area contributed by atoms with E-state index < -0.39 is 0 Å². The Labute approximate surface area is 158 Å². The van der Waals surface area contributed by atoms with Crippen LogP contribution >= 0.6 is 24.0 Å². The highest BCUT2D eigenvalue weighted by atomic mass is 127. The van der Waals surface area contributed by atoms with Gasteiger partial charge >= 0.3 is 0 Å². The molecule has 0 fully saturated rings. The SMILES string of the molecule is CN=C(NCCN(C(C)C)C(C)C)NCCn1cc(C)cn1.I. The number of halogens is 1. The van der Waals surface area contributed by atoms with E-state index in [1.807, 2.05) is 24.0 Å². The minimum atomic E-state index is 0. The second-order valence-electron chi connectivity index (χ2n) is 6.13. The molecule has 7 heteroatoms. The summed E-state index contributed by atoms with van der Waals surface area (Å²) >= 11 is 0. The fourth-order valence-electron chi connectivity index (χ4n) is 2.51. The van der Waals surface area contributed by atoms with E-state index >= 15 is 0 Å². The summed E-state index contributed by atoms with van der Waals surface area (Å²) < 4.78 is 1.94. The van der Waals surface area contributed by atoms with Gasteiger partial charge in [0.25, 0.3) is 0 Å². The maximum absolute atomic E-state index is 4.27. The molecule has 6 nitrogen and oxygen atoms in total. The average Bonchev–Trinajstić information content (AvgIpc) is 2.86. The Bertz CT molecular complexity index is 447. The van der Waals surface area contributed by atoms with Gasteiger partial charge in [-0.05, 0) is 40.2 Å². The number of aliphatic imine (C=N–C) groups is 1. The molecule has 134 valence electrons. The summed E-state index contributed by atoms with van der Waals surface area (Å²) in [6.07, 6.45) is 3.92. The van der Waals surface area contributed by atoms with Crippen molar-refractivity contribution >= 4 is 29.9 Å². The molecule has 2 N–H and O–H groups in total. The van der Waals surface area contributed by atoms with Gasteiger partial charge in [0, 0.05) is 45.0 Å². The lowest BCUT2D eigenvalue weighted by atomic mass is 10.2. The molecular weight excluding hydrogens is 403 g/mol. The summed E-state index contributed by atoms with van der Waals surface area (Å²) in [5.41, 5.74) is 1.19. The van der Waals surface area contributed by atoms with Gasteiger partial charge in [-0.3, -0.25) is 14.6 Å². The summed E-state index contributed by atoms with van der Waals surface area (Å²) in [6, 6.07) is 1.11. The van der Waals surface area contributed by atoms with E-state index in [1.54, 1.807) is 7.05 Å². The number of rotatable bonds is 8. The van der Waals surface area contributed by atoms with Crippen molar-refractivity contribution in [2.45, 2.75) is 53.2 Å². The van der Waals surface area contributed by atoms with E-state index in [4.69, 9.17) is 0 Å². The van der Waals surface area contributed by atoms with E-state index in [-0.39, 0.29) is 24.0 Å². The maximum Gasteiger partial charge on any atom is 0.191 e. The van der Waals surface area contributed by atoms with Crippen molar-refractivity contribution in [1.82, 2.24) is 25.3 Å². The molecule has 0 spiro atoms. The summed E-state index contributed by atoms with van der Waals surface area (Å²) in [5, 5.41) is 11.0. The number of nitrogens with one attached hydrogen (secondary N) is 2. The number of hydrogen-bond acceptors (Lipinski definition) is 3. The first-order valence-corrected chi connectivity index (χ1v) is 8.13. The zero-order valence-corrected chi connectivity index (χ0v) is 17.7. The van der Waals surface area contributed by atoms with Gasteiger partial charge in [-0.1, -0.05) is 0 Å². The second-order valence-corrected chi connectivity index (χ2v) is 6.13. The van der Waals surface area contributed by atoms with Crippen molar-refractivity contribution in [3.05, 3.63) is 18.0 Å². The third kappa shape index (κ3) is 8.55. The van der Waals surface area contributed by atoms with Gasteiger partial charge in [0.15, 0.2) is 5.96 Å². The first-order valence-electron chi connectivity index (χ1n) is 8.13. The lowest BCUT2D eigenvalue weighted by Gasteiger charge is -2.30. The Kier molecular flexibility index (Phi) is 11.2. The van der Waals surface area contributed by atoms with Gasteiger partial charge in [-0.15, -0.1) is 24.0 Å². The van der Waals surface area contributed by atoms with Gasteiger partial charge < -0.3 is 10.6 Å². The quantitative estimate of drug-likeness (QED) is 0.372. The minimum absolute atomic E-state index is 0. The predicted molar refractivity (Wildman–Crippen MR) is 109 cm³/mol. The number of guanidine groups is 1. The van der Waals surface area contributed by atoms with Crippen molar-refractivity contribution in [2.24, 2.45) is 4.99 Å². The van der Waals surface area contributed by atoms with Crippen LogP contribution in [0.1, 0.15) is 33.3 Å². The fourth-order valence-corrected chi connectivity index (χ4v) is 2.51. The first kappa shape index (κ1) is 22.2. The number of hydrogen-bond donors (Lipinski definition) is 2. The first-order chi connectivity index (χ1) is 10.4. The molecule has 0 bridgehead atoms. The average molecular weight is 436 g/mol. The van der Waals surface area contributed by atoms with Crippen molar-refractivity contribution in [3.63, 3.8) is 0 Å². The number of nitrogens with zero attached hydrogens (tertiary/aromatic N) is 4. The van der Waals surface area contributed by atoms with E-state index in [0.717, 1.165) is 32.1 Å². The Hall–Kier alpha value is -0.830. The molecule has 0 saturated heterocycles. The van der Waals surface area contributed by atoms with E-state index in [9.17, 15) is 0 Å². The van der Waals surface area contributed by atoms with Crippen LogP contribution in [0.2, 0.25) is 0 Å². The fraction of sp³-hybridized carbons (Fsp3) is 0.750.